The molecule has 0 saturated heterocycles. The average molecular weight is 290 g/mol. The maximum absolute atomic E-state index is 5.62. The molecule has 0 spiro atoms. The summed E-state index contributed by atoms with van der Waals surface area (Å²) in [5.74, 6) is 0.634. The fourth-order valence-electron chi connectivity index (χ4n) is 2.83. The van der Waals surface area contributed by atoms with Crippen molar-refractivity contribution in [2.75, 3.05) is 6.54 Å². The van der Waals surface area contributed by atoms with Crippen LogP contribution in [0.3, 0.4) is 0 Å². The van der Waals surface area contributed by atoms with E-state index in [1.807, 2.05) is 12.1 Å². The Bertz CT molecular complexity index is 747. The third-order valence-electron chi connectivity index (χ3n) is 4.09. The maximum Gasteiger partial charge on any atom is 0.0709 e. The molecule has 0 bridgehead atoms. The zero-order valence-corrected chi connectivity index (χ0v) is 13.0. The third kappa shape index (κ3) is 3.34. The van der Waals surface area contributed by atoms with Crippen LogP contribution < -0.4 is 5.73 Å². The largest absolute Gasteiger partial charge is 0.330 e. The van der Waals surface area contributed by atoms with Crippen molar-refractivity contribution in [3.63, 3.8) is 0 Å². The first kappa shape index (κ1) is 14.7. The van der Waals surface area contributed by atoms with Crippen LogP contribution in [0.5, 0.6) is 0 Å². The molecule has 1 atom stereocenters. The lowest BCUT2D eigenvalue weighted by molar-refractivity contribution is 0.538. The summed E-state index contributed by atoms with van der Waals surface area (Å²) in [5, 5.41) is 1.18. The predicted octanol–water partition coefficient (Wildman–Crippen LogP) is 4.43. The molecular weight excluding hydrogens is 268 g/mol. The number of benzene rings is 2. The van der Waals surface area contributed by atoms with E-state index in [9.17, 15) is 0 Å². The monoisotopic (exact) mass is 290 g/mol. The van der Waals surface area contributed by atoms with Crippen molar-refractivity contribution < 1.29 is 0 Å². The Kier molecular flexibility index (Phi) is 4.50. The van der Waals surface area contributed by atoms with E-state index in [2.05, 4.69) is 55.5 Å². The third-order valence-corrected chi connectivity index (χ3v) is 4.09. The van der Waals surface area contributed by atoms with Gasteiger partial charge < -0.3 is 5.73 Å². The lowest BCUT2D eigenvalue weighted by atomic mass is 9.97. The van der Waals surface area contributed by atoms with Gasteiger partial charge in [0.15, 0.2) is 0 Å². The van der Waals surface area contributed by atoms with Gasteiger partial charge in [0.2, 0.25) is 0 Å². The summed E-state index contributed by atoms with van der Waals surface area (Å²) in [4.78, 5) is 4.75. The molecule has 3 aromatic rings. The summed E-state index contributed by atoms with van der Waals surface area (Å²) in [6.45, 7) is 3.02. The Balaban J connectivity index is 1.81. The molecule has 1 unspecified atom stereocenters. The quantitative estimate of drug-likeness (QED) is 0.755. The summed E-state index contributed by atoms with van der Waals surface area (Å²) in [6.07, 6.45) is 2.16. The molecular formula is C20H22N2. The van der Waals surface area contributed by atoms with Crippen LogP contribution in [-0.2, 0) is 6.42 Å². The molecule has 3 rings (SSSR count). The van der Waals surface area contributed by atoms with E-state index < -0.39 is 0 Å². The molecule has 0 radical (unpaired) electrons. The molecule has 22 heavy (non-hydrogen) atoms. The second-order valence-electron chi connectivity index (χ2n) is 5.97. The minimum Gasteiger partial charge on any atom is -0.330 e. The molecule has 1 aromatic heterocycles. The Morgan fingerprint density at radius 1 is 0.955 bits per heavy atom. The standard InChI is InChI=1S/C20H22N2/c1-15(12-13-21)14-16-6-8-18(9-7-16)20-11-10-17-4-2-3-5-19(17)22-20/h2-11,15H,12-14,21H2,1H3. The smallest absolute Gasteiger partial charge is 0.0709 e. The topological polar surface area (TPSA) is 38.9 Å². The Morgan fingerprint density at radius 3 is 2.50 bits per heavy atom. The van der Waals surface area contributed by atoms with Gasteiger partial charge in [-0.25, -0.2) is 4.98 Å². The summed E-state index contributed by atoms with van der Waals surface area (Å²) >= 11 is 0. The van der Waals surface area contributed by atoms with E-state index in [1.54, 1.807) is 0 Å². The summed E-state index contributed by atoms with van der Waals surface area (Å²) < 4.78 is 0. The van der Waals surface area contributed by atoms with Gasteiger partial charge in [-0.1, -0.05) is 55.5 Å². The number of nitrogens with zero attached hydrogens (tertiary/aromatic N) is 1. The van der Waals surface area contributed by atoms with Crippen molar-refractivity contribution in [3.8, 4) is 11.3 Å². The van der Waals surface area contributed by atoms with Crippen LogP contribution >= 0.6 is 0 Å². The lowest BCUT2D eigenvalue weighted by Gasteiger charge is -2.10. The summed E-state index contributed by atoms with van der Waals surface area (Å²) in [7, 11) is 0. The van der Waals surface area contributed by atoms with E-state index in [4.69, 9.17) is 10.7 Å². The highest BCUT2D eigenvalue weighted by Crippen LogP contribution is 2.22. The first-order valence-corrected chi connectivity index (χ1v) is 7.91. The Labute approximate surface area is 132 Å². The SMILES string of the molecule is CC(CCN)Cc1ccc(-c2ccc3ccccc3n2)cc1. The zero-order chi connectivity index (χ0) is 15.4. The molecule has 0 amide bonds. The average Bonchev–Trinajstić information content (AvgIpc) is 2.55. The first-order chi connectivity index (χ1) is 10.8. The lowest BCUT2D eigenvalue weighted by Crippen LogP contribution is -2.07. The summed E-state index contributed by atoms with van der Waals surface area (Å²) in [5.41, 5.74) is 10.2. The Hall–Kier alpha value is -2.19. The molecule has 112 valence electrons. The molecule has 2 aromatic carbocycles. The number of pyridine rings is 1. The van der Waals surface area contributed by atoms with Gasteiger partial charge in [-0.3, -0.25) is 0 Å². The highest BCUT2D eigenvalue weighted by molar-refractivity contribution is 5.81. The van der Waals surface area contributed by atoms with Gasteiger partial charge in [0.25, 0.3) is 0 Å². The number of fused-ring (bicyclic) bond motifs is 1. The molecule has 0 aliphatic carbocycles. The van der Waals surface area contributed by atoms with Gasteiger partial charge in [-0.15, -0.1) is 0 Å². The van der Waals surface area contributed by atoms with Crippen molar-refractivity contribution in [1.29, 1.82) is 0 Å². The van der Waals surface area contributed by atoms with E-state index in [0.29, 0.717) is 5.92 Å². The van der Waals surface area contributed by atoms with Crippen LogP contribution in [0.15, 0.2) is 60.7 Å². The molecule has 2 N–H and O–H groups in total. The maximum atomic E-state index is 5.62. The van der Waals surface area contributed by atoms with E-state index in [0.717, 1.165) is 30.6 Å². The van der Waals surface area contributed by atoms with Crippen molar-refractivity contribution in [3.05, 3.63) is 66.2 Å². The molecule has 2 heteroatoms. The highest BCUT2D eigenvalue weighted by Gasteiger charge is 2.05. The van der Waals surface area contributed by atoms with E-state index in [-0.39, 0.29) is 0 Å². The van der Waals surface area contributed by atoms with Gasteiger partial charge in [0.1, 0.15) is 0 Å². The number of nitrogens with two attached hydrogens (primary N) is 1. The fraction of sp³-hybridized carbons (Fsp3) is 0.250. The van der Waals surface area contributed by atoms with E-state index >= 15 is 0 Å². The first-order valence-electron chi connectivity index (χ1n) is 7.91. The van der Waals surface area contributed by atoms with Gasteiger partial charge in [-0.05, 0) is 43.0 Å². The van der Waals surface area contributed by atoms with Gasteiger partial charge in [0.05, 0.1) is 11.2 Å². The highest BCUT2D eigenvalue weighted by atomic mass is 14.7. The molecule has 0 saturated carbocycles. The molecule has 0 fully saturated rings. The molecule has 0 aliphatic heterocycles. The van der Waals surface area contributed by atoms with Crippen LogP contribution in [-0.4, -0.2) is 11.5 Å². The van der Waals surface area contributed by atoms with Gasteiger partial charge in [0, 0.05) is 10.9 Å². The minimum atomic E-state index is 0.634. The second-order valence-corrected chi connectivity index (χ2v) is 5.97. The number of aromatic nitrogens is 1. The zero-order valence-electron chi connectivity index (χ0n) is 13.0. The van der Waals surface area contributed by atoms with Crippen molar-refractivity contribution in [1.82, 2.24) is 4.98 Å². The van der Waals surface area contributed by atoms with Crippen LogP contribution in [0, 0.1) is 5.92 Å². The van der Waals surface area contributed by atoms with Crippen LogP contribution in [0.25, 0.3) is 22.2 Å². The van der Waals surface area contributed by atoms with Crippen molar-refractivity contribution in [2.24, 2.45) is 11.7 Å². The fourth-order valence-corrected chi connectivity index (χ4v) is 2.83. The number of para-hydroxylation sites is 1. The number of hydrogen-bond donors (Lipinski definition) is 1. The normalized spacial score (nSPS) is 12.5. The van der Waals surface area contributed by atoms with Crippen molar-refractivity contribution in [2.45, 2.75) is 19.8 Å². The minimum absolute atomic E-state index is 0.634. The second kappa shape index (κ2) is 6.71. The van der Waals surface area contributed by atoms with Crippen LogP contribution in [0.4, 0.5) is 0 Å². The number of hydrogen-bond acceptors (Lipinski definition) is 2. The molecule has 2 nitrogen and oxygen atoms in total. The predicted molar refractivity (Wildman–Crippen MR) is 93.7 cm³/mol. The summed E-state index contributed by atoms with van der Waals surface area (Å²) in [6, 6.07) is 21.2. The molecule has 0 aliphatic rings. The van der Waals surface area contributed by atoms with Gasteiger partial charge in [-0.2, -0.15) is 0 Å². The van der Waals surface area contributed by atoms with Crippen LogP contribution in [0.1, 0.15) is 18.9 Å². The number of rotatable bonds is 5. The molecule has 1 heterocycles. The Morgan fingerprint density at radius 2 is 1.73 bits per heavy atom. The van der Waals surface area contributed by atoms with Crippen LogP contribution in [0.2, 0.25) is 0 Å². The van der Waals surface area contributed by atoms with E-state index in [1.165, 1.54) is 16.5 Å². The van der Waals surface area contributed by atoms with Gasteiger partial charge >= 0.3 is 0 Å². The van der Waals surface area contributed by atoms with Crippen molar-refractivity contribution >= 4 is 10.9 Å².